The number of hydrogen-bond donors (Lipinski definition) is 1. The summed E-state index contributed by atoms with van der Waals surface area (Å²) in [5.41, 5.74) is 2.61. The normalized spacial score (nSPS) is 22.6. The van der Waals surface area contributed by atoms with Gasteiger partial charge in [-0.3, -0.25) is 4.79 Å². The molecule has 4 heteroatoms. The standard InChI is InChI=1S/C17H24N2O2/c1-19(12-13-6-8-21-9-7-13)17(20)16-10-14-4-2-3-5-15(14)11-18-16/h2-5,13,16,18H,6-12H2,1H3/t16-/m0/s1. The fourth-order valence-electron chi connectivity index (χ4n) is 3.30. The molecule has 1 aromatic carbocycles. The van der Waals surface area contributed by atoms with Gasteiger partial charge in [-0.2, -0.15) is 0 Å². The summed E-state index contributed by atoms with van der Waals surface area (Å²) in [7, 11) is 1.93. The second kappa shape index (κ2) is 6.58. The van der Waals surface area contributed by atoms with Gasteiger partial charge in [0.15, 0.2) is 0 Å². The second-order valence-corrected chi connectivity index (χ2v) is 6.18. The number of ether oxygens (including phenoxy) is 1. The fraction of sp³-hybridized carbons (Fsp3) is 0.588. The van der Waals surface area contributed by atoms with E-state index in [9.17, 15) is 4.79 Å². The van der Waals surface area contributed by atoms with Crippen LogP contribution in [0.2, 0.25) is 0 Å². The molecule has 3 rings (SSSR count). The molecule has 1 N–H and O–H groups in total. The number of benzene rings is 1. The Morgan fingerprint density at radius 1 is 1.29 bits per heavy atom. The molecule has 114 valence electrons. The number of hydrogen-bond acceptors (Lipinski definition) is 3. The lowest BCUT2D eigenvalue weighted by Crippen LogP contribution is -2.49. The van der Waals surface area contributed by atoms with Crippen LogP contribution in [-0.2, 0) is 22.5 Å². The van der Waals surface area contributed by atoms with Crippen LogP contribution in [0.15, 0.2) is 24.3 Å². The maximum atomic E-state index is 12.6. The third-order valence-corrected chi connectivity index (χ3v) is 4.63. The highest BCUT2D eigenvalue weighted by molar-refractivity contribution is 5.82. The molecule has 0 spiro atoms. The summed E-state index contributed by atoms with van der Waals surface area (Å²) in [6.07, 6.45) is 2.93. The molecule has 0 aromatic heterocycles. The van der Waals surface area contributed by atoms with E-state index >= 15 is 0 Å². The van der Waals surface area contributed by atoms with E-state index in [-0.39, 0.29) is 11.9 Å². The van der Waals surface area contributed by atoms with E-state index in [4.69, 9.17) is 4.74 Å². The lowest BCUT2D eigenvalue weighted by molar-refractivity contribution is -0.133. The van der Waals surface area contributed by atoms with Crippen LogP contribution in [0.3, 0.4) is 0 Å². The van der Waals surface area contributed by atoms with E-state index in [0.717, 1.165) is 45.6 Å². The van der Waals surface area contributed by atoms with Gasteiger partial charge in [-0.25, -0.2) is 0 Å². The van der Waals surface area contributed by atoms with Crippen molar-refractivity contribution in [3.05, 3.63) is 35.4 Å². The van der Waals surface area contributed by atoms with Crippen LogP contribution in [0.4, 0.5) is 0 Å². The highest BCUT2D eigenvalue weighted by Crippen LogP contribution is 2.19. The molecular formula is C17H24N2O2. The number of nitrogens with zero attached hydrogens (tertiary/aromatic N) is 1. The quantitative estimate of drug-likeness (QED) is 0.918. The van der Waals surface area contributed by atoms with E-state index in [1.807, 2.05) is 11.9 Å². The Morgan fingerprint density at radius 3 is 2.76 bits per heavy atom. The summed E-state index contributed by atoms with van der Waals surface area (Å²) in [5, 5.41) is 3.38. The van der Waals surface area contributed by atoms with Gasteiger partial charge in [-0.1, -0.05) is 24.3 Å². The molecule has 0 bridgehead atoms. The third kappa shape index (κ3) is 3.44. The molecule has 1 aromatic rings. The minimum atomic E-state index is -0.0789. The molecule has 0 radical (unpaired) electrons. The first-order chi connectivity index (χ1) is 10.2. The van der Waals surface area contributed by atoms with E-state index in [2.05, 4.69) is 29.6 Å². The van der Waals surface area contributed by atoms with Gasteiger partial charge in [0, 0.05) is 33.4 Å². The van der Waals surface area contributed by atoms with Crippen molar-refractivity contribution in [1.29, 1.82) is 0 Å². The summed E-state index contributed by atoms with van der Waals surface area (Å²) < 4.78 is 5.38. The molecule has 2 aliphatic heterocycles. The zero-order valence-corrected chi connectivity index (χ0v) is 12.7. The highest BCUT2D eigenvalue weighted by atomic mass is 16.5. The Labute approximate surface area is 126 Å². The molecule has 0 saturated carbocycles. The van der Waals surface area contributed by atoms with Crippen molar-refractivity contribution in [1.82, 2.24) is 10.2 Å². The molecule has 0 unspecified atom stereocenters. The Morgan fingerprint density at radius 2 is 2.00 bits per heavy atom. The van der Waals surface area contributed by atoms with Gasteiger partial charge in [0.2, 0.25) is 5.91 Å². The summed E-state index contributed by atoms with van der Waals surface area (Å²) in [6.45, 7) is 3.31. The zero-order chi connectivity index (χ0) is 14.7. The first kappa shape index (κ1) is 14.5. The number of carbonyl (C=O) groups is 1. The minimum absolute atomic E-state index is 0.0789. The number of rotatable bonds is 3. The van der Waals surface area contributed by atoms with Crippen LogP contribution in [0.1, 0.15) is 24.0 Å². The van der Waals surface area contributed by atoms with Crippen molar-refractivity contribution < 1.29 is 9.53 Å². The van der Waals surface area contributed by atoms with Gasteiger partial charge in [0.25, 0.3) is 0 Å². The Bertz CT molecular complexity index is 497. The predicted octanol–water partition coefficient (Wildman–Crippen LogP) is 1.59. The van der Waals surface area contributed by atoms with Crippen LogP contribution >= 0.6 is 0 Å². The van der Waals surface area contributed by atoms with E-state index in [1.165, 1.54) is 11.1 Å². The number of fused-ring (bicyclic) bond motifs is 1. The number of amides is 1. The molecule has 21 heavy (non-hydrogen) atoms. The maximum Gasteiger partial charge on any atom is 0.239 e. The Balaban J connectivity index is 1.58. The molecule has 4 nitrogen and oxygen atoms in total. The highest BCUT2D eigenvalue weighted by Gasteiger charge is 2.27. The molecule has 2 heterocycles. The van der Waals surface area contributed by atoms with Crippen LogP contribution in [-0.4, -0.2) is 43.7 Å². The number of nitrogens with one attached hydrogen (secondary N) is 1. The largest absolute Gasteiger partial charge is 0.381 e. The minimum Gasteiger partial charge on any atom is -0.381 e. The predicted molar refractivity (Wildman–Crippen MR) is 82.0 cm³/mol. The van der Waals surface area contributed by atoms with Crippen molar-refractivity contribution in [2.24, 2.45) is 5.92 Å². The topological polar surface area (TPSA) is 41.6 Å². The first-order valence-corrected chi connectivity index (χ1v) is 7.87. The van der Waals surface area contributed by atoms with E-state index < -0.39 is 0 Å². The summed E-state index contributed by atoms with van der Waals surface area (Å²) in [6, 6.07) is 8.30. The molecule has 1 atom stereocenters. The molecule has 0 aliphatic carbocycles. The van der Waals surface area contributed by atoms with Gasteiger partial charge in [-0.05, 0) is 36.3 Å². The third-order valence-electron chi connectivity index (χ3n) is 4.63. The van der Waals surface area contributed by atoms with Gasteiger partial charge in [-0.15, -0.1) is 0 Å². The number of likely N-dealkylation sites (N-methyl/N-ethyl adjacent to an activating group) is 1. The Hall–Kier alpha value is -1.39. The van der Waals surface area contributed by atoms with Crippen LogP contribution in [0.25, 0.3) is 0 Å². The maximum absolute atomic E-state index is 12.6. The lowest BCUT2D eigenvalue weighted by Gasteiger charge is -2.32. The molecule has 1 saturated heterocycles. The average molecular weight is 288 g/mol. The van der Waals surface area contributed by atoms with E-state index in [0.29, 0.717) is 5.92 Å². The smallest absolute Gasteiger partial charge is 0.239 e. The van der Waals surface area contributed by atoms with Crippen molar-refractivity contribution in [3.63, 3.8) is 0 Å². The van der Waals surface area contributed by atoms with Gasteiger partial charge < -0.3 is 15.0 Å². The first-order valence-electron chi connectivity index (χ1n) is 7.87. The van der Waals surface area contributed by atoms with Crippen molar-refractivity contribution >= 4 is 5.91 Å². The molecule has 2 aliphatic rings. The summed E-state index contributed by atoms with van der Waals surface area (Å²) in [4.78, 5) is 14.5. The molecular weight excluding hydrogens is 264 g/mol. The molecule has 1 amide bonds. The van der Waals surface area contributed by atoms with E-state index in [1.54, 1.807) is 0 Å². The average Bonchev–Trinajstić information content (AvgIpc) is 2.54. The number of carbonyl (C=O) groups excluding carboxylic acids is 1. The van der Waals surface area contributed by atoms with Crippen molar-refractivity contribution in [2.45, 2.75) is 31.8 Å². The van der Waals surface area contributed by atoms with Crippen LogP contribution in [0.5, 0.6) is 0 Å². The van der Waals surface area contributed by atoms with Gasteiger partial charge >= 0.3 is 0 Å². The van der Waals surface area contributed by atoms with Gasteiger partial charge in [0.1, 0.15) is 0 Å². The lowest BCUT2D eigenvalue weighted by atomic mass is 9.94. The fourth-order valence-corrected chi connectivity index (χ4v) is 3.30. The zero-order valence-electron chi connectivity index (χ0n) is 12.7. The summed E-state index contributed by atoms with van der Waals surface area (Å²) in [5.74, 6) is 0.805. The van der Waals surface area contributed by atoms with Crippen molar-refractivity contribution in [3.8, 4) is 0 Å². The van der Waals surface area contributed by atoms with Crippen LogP contribution < -0.4 is 5.32 Å². The summed E-state index contributed by atoms with van der Waals surface area (Å²) >= 11 is 0. The second-order valence-electron chi connectivity index (χ2n) is 6.18. The molecule has 1 fully saturated rings. The SMILES string of the molecule is CN(CC1CCOCC1)C(=O)[C@@H]1Cc2ccccc2CN1. The Kier molecular flexibility index (Phi) is 4.56. The monoisotopic (exact) mass is 288 g/mol. The van der Waals surface area contributed by atoms with Crippen LogP contribution in [0, 0.1) is 5.92 Å². The van der Waals surface area contributed by atoms with Gasteiger partial charge in [0.05, 0.1) is 6.04 Å². The van der Waals surface area contributed by atoms with Crippen molar-refractivity contribution in [2.75, 3.05) is 26.8 Å².